The first-order chi connectivity index (χ1) is 6.86. The fraction of sp³-hybridized carbons (Fsp3) is 0.250. The molecule has 15 heavy (non-hydrogen) atoms. The Labute approximate surface area is 90.0 Å². The van der Waals surface area contributed by atoms with Crippen LogP contribution in [0.1, 0.15) is 6.92 Å². The highest BCUT2D eigenvalue weighted by molar-refractivity contribution is 8.13. The predicted molar refractivity (Wildman–Crippen MR) is 50.6 cm³/mol. The molecule has 0 aliphatic heterocycles. The fourth-order valence-electron chi connectivity index (χ4n) is 0.960. The zero-order chi connectivity index (χ0) is 11.6. The molecular weight excluding hydrogens is 250 g/mol. The third-order valence-corrected chi connectivity index (χ3v) is 2.88. The maximum absolute atomic E-state index is 13.1. The molecule has 1 aromatic rings. The van der Waals surface area contributed by atoms with E-state index in [0.717, 1.165) is 0 Å². The van der Waals surface area contributed by atoms with E-state index in [2.05, 4.69) is 4.74 Å². The standard InChI is InChI=1S/C8H7ClF2O3S/c1-2-14-8-6(10)3-5(4-7(8)11)15(9,12)13/h3-4H,2H2,1H3. The Morgan fingerprint density at radius 3 is 2.13 bits per heavy atom. The molecule has 0 bridgehead atoms. The molecule has 0 saturated heterocycles. The number of ether oxygens (including phenoxy) is 1. The molecule has 0 aromatic heterocycles. The average molecular weight is 257 g/mol. The summed E-state index contributed by atoms with van der Waals surface area (Å²) in [5, 5.41) is 0. The molecule has 0 saturated carbocycles. The Kier molecular flexibility index (Phi) is 3.51. The second-order valence-corrected chi connectivity index (χ2v) is 5.15. The van der Waals surface area contributed by atoms with Gasteiger partial charge in [0.25, 0.3) is 9.05 Å². The van der Waals surface area contributed by atoms with Crippen LogP contribution in [-0.2, 0) is 9.05 Å². The van der Waals surface area contributed by atoms with Crippen LogP contribution in [0.4, 0.5) is 8.78 Å². The van der Waals surface area contributed by atoms with Crippen LogP contribution in [0.25, 0.3) is 0 Å². The predicted octanol–water partition coefficient (Wildman–Crippen LogP) is 2.29. The zero-order valence-electron chi connectivity index (χ0n) is 7.63. The SMILES string of the molecule is CCOc1c(F)cc(S(=O)(=O)Cl)cc1F. The second kappa shape index (κ2) is 4.32. The van der Waals surface area contributed by atoms with Crippen LogP contribution >= 0.6 is 10.7 Å². The average Bonchev–Trinajstić information content (AvgIpc) is 2.09. The van der Waals surface area contributed by atoms with E-state index in [1.165, 1.54) is 0 Å². The molecule has 1 rings (SSSR count). The minimum Gasteiger partial charge on any atom is -0.488 e. The number of halogens is 3. The molecule has 0 aliphatic carbocycles. The van der Waals surface area contributed by atoms with Crippen molar-refractivity contribution in [1.29, 1.82) is 0 Å². The van der Waals surface area contributed by atoms with Crippen LogP contribution < -0.4 is 4.74 Å². The van der Waals surface area contributed by atoms with Crippen LogP contribution in [0.2, 0.25) is 0 Å². The molecule has 0 fully saturated rings. The van der Waals surface area contributed by atoms with Crippen molar-refractivity contribution in [2.24, 2.45) is 0 Å². The topological polar surface area (TPSA) is 43.4 Å². The largest absolute Gasteiger partial charge is 0.488 e. The Bertz CT molecular complexity index is 450. The van der Waals surface area contributed by atoms with Gasteiger partial charge in [-0.25, -0.2) is 17.2 Å². The van der Waals surface area contributed by atoms with Gasteiger partial charge in [0.2, 0.25) is 0 Å². The summed E-state index contributed by atoms with van der Waals surface area (Å²) in [6.45, 7) is 1.62. The molecule has 0 heterocycles. The molecule has 0 N–H and O–H groups in total. The lowest BCUT2D eigenvalue weighted by atomic mass is 10.3. The Morgan fingerprint density at radius 1 is 1.33 bits per heavy atom. The van der Waals surface area contributed by atoms with Gasteiger partial charge in [-0.15, -0.1) is 0 Å². The van der Waals surface area contributed by atoms with Gasteiger partial charge in [-0.3, -0.25) is 0 Å². The highest BCUT2D eigenvalue weighted by Gasteiger charge is 2.18. The van der Waals surface area contributed by atoms with Gasteiger partial charge < -0.3 is 4.74 Å². The van der Waals surface area contributed by atoms with Gasteiger partial charge in [0.05, 0.1) is 11.5 Å². The van der Waals surface area contributed by atoms with Crippen molar-refractivity contribution in [2.75, 3.05) is 6.61 Å². The van der Waals surface area contributed by atoms with Crippen LogP contribution in [0, 0.1) is 11.6 Å². The van der Waals surface area contributed by atoms with Crippen LogP contribution in [0.3, 0.4) is 0 Å². The van der Waals surface area contributed by atoms with E-state index in [9.17, 15) is 17.2 Å². The summed E-state index contributed by atoms with van der Waals surface area (Å²) in [5.74, 6) is -2.81. The first kappa shape index (κ1) is 12.2. The van der Waals surface area contributed by atoms with Crippen molar-refractivity contribution in [3.05, 3.63) is 23.8 Å². The summed E-state index contributed by atoms with van der Waals surface area (Å²) in [6.07, 6.45) is 0. The summed E-state index contributed by atoms with van der Waals surface area (Å²) in [7, 11) is 0.787. The summed E-state index contributed by atoms with van der Waals surface area (Å²) in [4.78, 5) is -0.636. The van der Waals surface area contributed by atoms with Gasteiger partial charge in [0.15, 0.2) is 17.4 Å². The first-order valence-electron chi connectivity index (χ1n) is 3.92. The first-order valence-corrected chi connectivity index (χ1v) is 6.23. The monoisotopic (exact) mass is 256 g/mol. The number of hydrogen-bond acceptors (Lipinski definition) is 3. The Morgan fingerprint density at radius 2 is 1.80 bits per heavy atom. The highest BCUT2D eigenvalue weighted by Crippen LogP contribution is 2.26. The van der Waals surface area contributed by atoms with Crippen LogP contribution in [0.15, 0.2) is 17.0 Å². The molecule has 84 valence electrons. The second-order valence-electron chi connectivity index (χ2n) is 2.59. The smallest absolute Gasteiger partial charge is 0.261 e. The van der Waals surface area contributed by atoms with Crippen molar-refractivity contribution in [3.63, 3.8) is 0 Å². The molecule has 0 radical (unpaired) electrons. The number of hydrogen-bond donors (Lipinski definition) is 0. The maximum Gasteiger partial charge on any atom is 0.261 e. The van der Waals surface area contributed by atoms with Gasteiger partial charge in [-0.2, -0.15) is 0 Å². The summed E-state index contributed by atoms with van der Waals surface area (Å²) in [6, 6.07) is 1.22. The lowest BCUT2D eigenvalue weighted by molar-refractivity contribution is 0.302. The van der Waals surface area contributed by atoms with Crippen molar-refractivity contribution in [3.8, 4) is 5.75 Å². The minimum absolute atomic E-state index is 0.0702. The molecule has 7 heteroatoms. The van der Waals surface area contributed by atoms with E-state index in [1.54, 1.807) is 6.92 Å². The minimum atomic E-state index is -4.14. The van der Waals surface area contributed by atoms with Crippen molar-refractivity contribution < 1.29 is 21.9 Å². The molecule has 0 spiro atoms. The molecule has 3 nitrogen and oxygen atoms in total. The van der Waals surface area contributed by atoms with E-state index >= 15 is 0 Å². The fourth-order valence-corrected chi connectivity index (χ4v) is 1.72. The van der Waals surface area contributed by atoms with Gasteiger partial charge in [0.1, 0.15) is 0 Å². The summed E-state index contributed by atoms with van der Waals surface area (Å²) < 4.78 is 52.5. The quantitative estimate of drug-likeness (QED) is 0.780. The van der Waals surface area contributed by atoms with E-state index < -0.39 is 31.3 Å². The van der Waals surface area contributed by atoms with Crippen LogP contribution in [-0.4, -0.2) is 15.0 Å². The molecule has 0 aliphatic rings. The van der Waals surface area contributed by atoms with Crippen LogP contribution in [0.5, 0.6) is 5.75 Å². The molecule has 1 aromatic carbocycles. The van der Waals surface area contributed by atoms with Gasteiger partial charge >= 0.3 is 0 Å². The van der Waals surface area contributed by atoms with Gasteiger partial charge in [-0.1, -0.05) is 0 Å². The van der Waals surface area contributed by atoms with Crippen molar-refractivity contribution >= 4 is 19.7 Å². The normalized spacial score (nSPS) is 11.5. The molecule has 0 atom stereocenters. The number of benzene rings is 1. The third kappa shape index (κ3) is 2.79. The number of rotatable bonds is 3. The Balaban J connectivity index is 3.32. The van der Waals surface area contributed by atoms with Crippen molar-refractivity contribution in [1.82, 2.24) is 0 Å². The lowest BCUT2D eigenvalue weighted by Crippen LogP contribution is -2.01. The van der Waals surface area contributed by atoms with E-state index in [-0.39, 0.29) is 6.61 Å². The zero-order valence-corrected chi connectivity index (χ0v) is 9.20. The molecule has 0 unspecified atom stereocenters. The molecular formula is C8H7ClF2O3S. The van der Waals surface area contributed by atoms with Crippen molar-refractivity contribution in [2.45, 2.75) is 11.8 Å². The van der Waals surface area contributed by atoms with E-state index in [4.69, 9.17) is 10.7 Å². The van der Waals surface area contributed by atoms with Gasteiger partial charge in [-0.05, 0) is 19.1 Å². The van der Waals surface area contributed by atoms with Gasteiger partial charge in [0, 0.05) is 10.7 Å². The Hall–Kier alpha value is -0.880. The summed E-state index contributed by atoms with van der Waals surface area (Å²) >= 11 is 0. The summed E-state index contributed by atoms with van der Waals surface area (Å²) in [5.41, 5.74) is 0. The molecule has 0 amide bonds. The highest BCUT2D eigenvalue weighted by atomic mass is 35.7. The van der Waals surface area contributed by atoms with E-state index in [1.807, 2.05) is 0 Å². The van der Waals surface area contributed by atoms with E-state index in [0.29, 0.717) is 12.1 Å². The third-order valence-electron chi connectivity index (χ3n) is 1.54. The maximum atomic E-state index is 13.1. The lowest BCUT2D eigenvalue weighted by Gasteiger charge is -2.06.